The highest BCUT2D eigenvalue weighted by atomic mass is 16.5. The van der Waals surface area contributed by atoms with Crippen molar-refractivity contribution >= 4 is 17.5 Å². The molecule has 0 atom stereocenters. The van der Waals surface area contributed by atoms with Gasteiger partial charge in [0.15, 0.2) is 0 Å². The molecule has 0 aliphatic heterocycles. The second-order valence-electron chi connectivity index (χ2n) is 6.81. The van der Waals surface area contributed by atoms with Crippen LogP contribution < -0.4 is 21.1 Å². The minimum absolute atomic E-state index is 0.127. The van der Waals surface area contributed by atoms with Crippen LogP contribution in [0.5, 0.6) is 5.75 Å². The number of amides is 2. The van der Waals surface area contributed by atoms with E-state index in [-0.39, 0.29) is 23.9 Å². The highest BCUT2D eigenvalue weighted by molar-refractivity contribution is 6.09. The lowest BCUT2D eigenvalue weighted by Gasteiger charge is -2.27. The van der Waals surface area contributed by atoms with Crippen LogP contribution in [0.15, 0.2) is 48.5 Å². The van der Waals surface area contributed by atoms with Gasteiger partial charge in [-0.05, 0) is 62.1 Å². The van der Waals surface area contributed by atoms with E-state index in [0.29, 0.717) is 22.6 Å². The zero-order valence-electron chi connectivity index (χ0n) is 15.4. The first kappa shape index (κ1) is 18.9. The highest BCUT2D eigenvalue weighted by Gasteiger charge is 2.22. The average Bonchev–Trinajstić information content (AvgIpc) is 2.70. The van der Waals surface area contributed by atoms with Crippen molar-refractivity contribution in [1.82, 2.24) is 5.32 Å². The second-order valence-corrected chi connectivity index (χ2v) is 6.81. The Hall–Kier alpha value is -2.86. The van der Waals surface area contributed by atoms with E-state index in [1.54, 1.807) is 55.6 Å². The van der Waals surface area contributed by atoms with Gasteiger partial charge >= 0.3 is 0 Å². The molecular formula is C21H25N3O3. The highest BCUT2D eigenvalue weighted by Crippen LogP contribution is 2.20. The lowest BCUT2D eigenvalue weighted by Crippen LogP contribution is -2.40. The van der Waals surface area contributed by atoms with Crippen LogP contribution in [-0.4, -0.2) is 31.0 Å². The quantitative estimate of drug-likeness (QED) is 0.757. The first-order valence-electron chi connectivity index (χ1n) is 9.17. The molecule has 1 aliphatic carbocycles. The number of hydrogen-bond acceptors (Lipinski definition) is 4. The Morgan fingerprint density at radius 1 is 0.963 bits per heavy atom. The number of rotatable bonds is 5. The van der Waals surface area contributed by atoms with Gasteiger partial charge in [-0.3, -0.25) is 9.59 Å². The summed E-state index contributed by atoms with van der Waals surface area (Å²) in [5.74, 6) is 0.223. The number of nitrogens with one attached hydrogen (secondary N) is 2. The summed E-state index contributed by atoms with van der Waals surface area (Å²) in [6.45, 7) is 0. The molecule has 0 unspecified atom stereocenters. The Labute approximate surface area is 159 Å². The minimum atomic E-state index is -0.276. The summed E-state index contributed by atoms with van der Waals surface area (Å²) in [6, 6.07) is 14.2. The van der Waals surface area contributed by atoms with Crippen molar-refractivity contribution in [2.24, 2.45) is 5.73 Å². The SMILES string of the molecule is COc1ccc(C(=O)Nc2ccccc2C(=O)NC2CCC(N)CC2)cc1. The van der Waals surface area contributed by atoms with Gasteiger partial charge in [0.25, 0.3) is 11.8 Å². The fraction of sp³-hybridized carbons (Fsp3) is 0.333. The van der Waals surface area contributed by atoms with Gasteiger partial charge in [0.05, 0.1) is 18.4 Å². The van der Waals surface area contributed by atoms with Crippen LogP contribution in [0.1, 0.15) is 46.4 Å². The van der Waals surface area contributed by atoms with Crippen molar-refractivity contribution in [2.75, 3.05) is 12.4 Å². The molecule has 0 aromatic heterocycles. The second kappa shape index (κ2) is 8.68. The largest absolute Gasteiger partial charge is 0.497 e. The number of ether oxygens (including phenoxy) is 1. The molecule has 6 heteroatoms. The number of carbonyl (C=O) groups is 2. The van der Waals surface area contributed by atoms with E-state index in [2.05, 4.69) is 10.6 Å². The molecule has 142 valence electrons. The van der Waals surface area contributed by atoms with Gasteiger partial charge < -0.3 is 21.1 Å². The lowest BCUT2D eigenvalue weighted by molar-refractivity contribution is 0.0927. The van der Waals surface area contributed by atoms with E-state index < -0.39 is 0 Å². The van der Waals surface area contributed by atoms with Gasteiger partial charge in [-0.15, -0.1) is 0 Å². The summed E-state index contributed by atoms with van der Waals surface area (Å²) in [6.07, 6.45) is 3.60. The summed E-state index contributed by atoms with van der Waals surface area (Å²) in [7, 11) is 1.57. The Balaban J connectivity index is 1.69. The smallest absolute Gasteiger partial charge is 0.255 e. The van der Waals surface area contributed by atoms with Crippen LogP contribution in [0.4, 0.5) is 5.69 Å². The van der Waals surface area contributed by atoms with Crippen LogP contribution >= 0.6 is 0 Å². The van der Waals surface area contributed by atoms with E-state index in [1.807, 2.05) is 0 Å². The maximum atomic E-state index is 12.7. The van der Waals surface area contributed by atoms with E-state index in [9.17, 15) is 9.59 Å². The Kier molecular flexibility index (Phi) is 6.08. The normalized spacial score (nSPS) is 19.2. The van der Waals surface area contributed by atoms with Crippen LogP contribution in [0.25, 0.3) is 0 Å². The standard InChI is InChI=1S/C21H25N3O3/c1-27-17-12-6-14(7-13-17)20(25)24-19-5-3-2-4-18(19)21(26)23-16-10-8-15(22)9-11-16/h2-7,12-13,15-16H,8-11,22H2,1H3,(H,23,26)(H,24,25). The fourth-order valence-electron chi connectivity index (χ4n) is 3.25. The molecule has 0 radical (unpaired) electrons. The third-order valence-electron chi connectivity index (χ3n) is 4.88. The molecule has 27 heavy (non-hydrogen) atoms. The zero-order chi connectivity index (χ0) is 19.2. The minimum Gasteiger partial charge on any atom is -0.497 e. The Morgan fingerprint density at radius 3 is 2.30 bits per heavy atom. The lowest BCUT2D eigenvalue weighted by atomic mass is 9.91. The molecule has 4 N–H and O–H groups in total. The van der Waals surface area contributed by atoms with Crippen LogP contribution in [-0.2, 0) is 0 Å². The van der Waals surface area contributed by atoms with Crippen molar-refractivity contribution in [2.45, 2.75) is 37.8 Å². The molecule has 2 amide bonds. The summed E-state index contributed by atoms with van der Waals surface area (Å²) < 4.78 is 5.10. The maximum absolute atomic E-state index is 12.7. The predicted molar refractivity (Wildman–Crippen MR) is 105 cm³/mol. The first-order chi connectivity index (χ1) is 13.1. The third kappa shape index (κ3) is 4.86. The predicted octanol–water partition coefficient (Wildman–Crippen LogP) is 2.95. The van der Waals surface area contributed by atoms with Crippen molar-refractivity contribution in [3.05, 3.63) is 59.7 Å². The van der Waals surface area contributed by atoms with Gasteiger partial charge in [-0.2, -0.15) is 0 Å². The molecule has 1 saturated carbocycles. The van der Waals surface area contributed by atoms with Gasteiger partial charge in [-0.1, -0.05) is 12.1 Å². The summed E-state index contributed by atoms with van der Waals surface area (Å²) in [5, 5.41) is 5.89. The summed E-state index contributed by atoms with van der Waals surface area (Å²) in [5.41, 5.74) is 7.36. The van der Waals surface area contributed by atoms with Crippen molar-refractivity contribution in [1.29, 1.82) is 0 Å². The molecule has 1 fully saturated rings. The summed E-state index contributed by atoms with van der Waals surface area (Å²) in [4.78, 5) is 25.2. The van der Waals surface area contributed by atoms with E-state index in [4.69, 9.17) is 10.5 Å². The number of hydrogen-bond donors (Lipinski definition) is 3. The molecule has 2 aromatic carbocycles. The number of nitrogens with two attached hydrogens (primary N) is 1. The van der Waals surface area contributed by atoms with E-state index >= 15 is 0 Å². The molecule has 3 rings (SSSR count). The monoisotopic (exact) mass is 367 g/mol. The van der Waals surface area contributed by atoms with Crippen molar-refractivity contribution in [3.8, 4) is 5.75 Å². The van der Waals surface area contributed by atoms with Crippen molar-refractivity contribution in [3.63, 3.8) is 0 Å². The Morgan fingerprint density at radius 2 is 1.63 bits per heavy atom. The Bertz CT molecular complexity index is 797. The third-order valence-corrected chi connectivity index (χ3v) is 4.88. The zero-order valence-corrected chi connectivity index (χ0v) is 15.4. The number of anilines is 1. The van der Waals surface area contributed by atoms with Crippen LogP contribution in [0.2, 0.25) is 0 Å². The molecule has 2 aromatic rings. The van der Waals surface area contributed by atoms with Crippen LogP contribution in [0, 0.1) is 0 Å². The number of methoxy groups -OCH3 is 1. The van der Waals surface area contributed by atoms with E-state index in [0.717, 1.165) is 25.7 Å². The molecule has 0 spiro atoms. The molecular weight excluding hydrogens is 342 g/mol. The van der Waals surface area contributed by atoms with Gasteiger partial charge in [0, 0.05) is 17.6 Å². The number of carbonyl (C=O) groups excluding carboxylic acids is 2. The van der Waals surface area contributed by atoms with Crippen LogP contribution in [0.3, 0.4) is 0 Å². The molecule has 6 nitrogen and oxygen atoms in total. The maximum Gasteiger partial charge on any atom is 0.255 e. The topological polar surface area (TPSA) is 93.4 Å². The molecule has 0 bridgehead atoms. The van der Waals surface area contributed by atoms with Gasteiger partial charge in [-0.25, -0.2) is 0 Å². The summed E-state index contributed by atoms with van der Waals surface area (Å²) >= 11 is 0. The van der Waals surface area contributed by atoms with Gasteiger partial charge in [0.2, 0.25) is 0 Å². The van der Waals surface area contributed by atoms with Crippen molar-refractivity contribution < 1.29 is 14.3 Å². The first-order valence-corrected chi connectivity index (χ1v) is 9.17. The number of benzene rings is 2. The molecule has 0 saturated heterocycles. The van der Waals surface area contributed by atoms with Gasteiger partial charge in [0.1, 0.15) is 5.75 Å². The molecule has 0 heterocycles. The van der Waals surface area contributed by atoms with E-state index in [1.165, 1.54) is 0 Å². The fourth-order valence-corrected chi connectivity index (χ4v) is 3.25. The number of para-hydroxylation sites is 1. The average molecular weight is 367 g/mol. The molecule has 1 aliphatic rings.